The molecule has 2 atom stereocenters. The third-order valence-electron chi connectivity index (χ3n) is 5.37. The average Bonchev–Trinajstić information content (AvgIpc) is 3.12. The first-order chi connectivity index (χ1) is 12.9. The minimum absolute atomic E-state index is 0.0616. The number of nitrogens with zero attached hydrogens (tertiary/aromatic N) is 3. The Kier molecular flexibility index (Phi) is 8.83. The van der Waals surface area contributed by atoms with Crippen molar-refractivity contribution in [1.82, 2.24) is 20.4 Å². The summed E-state index contributed by atoms with van der Waals surface area (Å²) in [6.07, 6.45) is 2.13. The van der Waals surface area contributed by atoms with Gasteiger partial charge in [0.2, 0.25) is 5.91 Å². The number of morpholine rings is 1. The molecule has 0 radical (unpaired) electrons. The molecule has 2 N–H and O–H groups in total. The third-order valence-corrected chi connectivity index (χ3v) is 5.37. The molecule has 156 valence electrons. The van der Waals surface area contributed by atoms with Crippen molar-refractivity contribution in [3.8, 4) is 0 Å². The summed E-state index contributed by atoms with van der Waals surface area (Å²) in [4.78, 5) is 21.1. The molecule has 0 saturated carbocycles. The Morgan fingerprint density at radius 2 is 1.89 bits per heavy atom. The van der Waals surface area contributed by atoms with Gasteiger partial charge in [0, 0.05) is 57.8 Å². The van der Waals surface area contributed by atoms with Gasteiger partial charge in [0.25, 0.3) is 0 Å². The molecule has 7 heteroatoms. The Morgan fingerprint density at radius 1 is 1.19 bits per heavy atom. The standard InChI is InChI=1S/C20H39N5O2/c1-15(2)12-18(24-8-10-27-11-9-24)13-22-20(21-5)23-17-6-7-25(14-17)19(26)16(3)4/h15-18H,6-14H2,1-5H3,(H2,21,22,23). The third kappa shape index (κ3) is 6.96. The summed E-state index contributed by atoms with van der Waals surface area (Å²) >= 11 is 0. The van der Waals surface area contributed by atoms with Crippen molar-refractivity contribution in [2.75, 3.05) is 53.0 Å². The zero-order valence-corrected chi connectivity index (χ0v) is 17.8. The van der Waals surface area contributed by atoms with Gasteiger partial charge >= 0.3 is 0 Å². The quantitative estimate of drug-likeness (QED) is 0.512. The van der Waals surface area contributed by atoms with Gasteiger partial charge in [0.15, 0.2) is 5.96 Å². The number of ether oxygens (including phenoxy) is 1. The monoisotopic (exact) mass is 381 g/mol. The minimum atomic E-state index is 0.0616. The van der Waals surface area contributed by atoms with Crippen molar-refractivity contribution in [2.45, 2.75) is 52.6 Å². The molecule has 7 nitrogen and oxygen atoms in total. The van der Waals surface area contributed by atoms with Gasteiger partial charge in [0.1, 0.15) is 0 Å². The van der Waals surface area contributed by atoms with E-state index in [0.717, 1.165) is 64.7 Å². The number of hydrogen-bond donors (Lipinski definition) is 2. The fourth-order valence-electron chi connectivity index (χ4n) is 3.89. The normalized spacial score (nSPS) is 23.1. The van der Waals surface area contributed by atoms with Crippen LogP contribution in [0, 0.1) is 11.8 Å². The van der Waals surface area contributed by atoms with Crippen LogP contribution in [0.25, 0.3) is 0 Å². The molecule has 0 aromatic heterocycles. The highest BCUT2D eigenvalue weighted by molar-refractivity contribution is 5.81. The highest BCUT2D eigenvalue weighted by atomic mass is 16.5. The van der Waals surface area contributed by atoms with Gasteiger partial charge < -0.3 is 20.3 Å². The van der Waals surface area contributed by atoms with Crippen LogP contribution >= 0.6 is 0 Å². The van der Waals surface area contributed by atoms with Crippen LogP contribution in [-0.4, -0.2) is 86.7 Å². The number of rotatable bonds is 7. The number of amides is 1. The zero-order chi connectivity index (χ0) is 19.8. The number of carbonyl (C=O) groups excluding carboxylic acids is 1. The second-order valence-electron chi connectivity index (χ2n) is 8.45. The van der Waals surface area contributed by atoms with Gasteiger partial charge in [-0.15, -0.1) is 0 Å². The lowest BCUT2D eigenvalue weighted by Crippen LogP contribution is -2.52. The van der Waals surface area contributed by atoms with Crippen LogP contribution in [0.3, 0.4) is 0 Å². The minimum Gasteiger partial charge on any atom is -0.379 e. The Morgan fingerprint density at radius 3 is 2.48 bits per heavy atom. The molecule has 2 saturated heterocycles. The SMILES string of the molecule is CN=C(NCC(CC(C)C)N1CCOCC1)NC1CCN(C(=O)C(C)C)C1. The molecule has 1 amide bonds. The summed E-state index contributed by atoms with van der Waals surface area (Å²) in [5, 5.41) is 7.02. The van der Waals surface area contributed by atoms with E-state index in [0.29, 0.717) is 12.0 Å². The van der Waals surface area contributed by atoms with E-state index in [1.165, 1.54) is 0 Å². The van der Waals surface area contributed by atoms with Crippen LogP contribution in [-0.2, 0) is 9.53 Å². The van der Waals surface area contributed by atoms with Crippen LogP contribution in [0.2, 0.25) is 0 Å². The van der Waals surface area contributed by atoms with Crippen molar-refractivity contribution >= 4 is 11.9 Å². The van der Waals surface area contributed by atoms with E-state index >= 15 is 0 Å². The number of carbonyl (C=O) groups is 1. The second kappa shape index (κ2) is 10.9. The second-order valence-corrected chi connectivity index (χ2v) is 8.45. The Balaban J connectivity index is 1.83. The van der Waals surface area contributed by atoms with E-state index in [4.69, 9.17) is 4.74 Å². The molecule has 0 spiro atoms. The lowest BCUT2D eigenvalue weighted by molar-refractivity contribution is -0.133. The van der Waals surface area contributed by atoms with Crippen molar-refractivity contribution in [1.29, 1.82) is 0 Å². The first-order valence-corrected chi connectivity index (χ1v) is 10.5. The summed E-state index contributed by atoms with van der Waals surface area (Å²) in [6.45, 7) is 14.6. The smallest absolute Gasteiger partial charge is 0.225 e. The summed E-state index contributed by atoms with van der Waals surface area (Å²) in [5.74, 6) is 1.79. The molecule has 27 heavy (non-hydrogen) atoms. The molecule has 0 aromatic rings. The van der Waals surface area contributed by atoms with Crippen LogP contribution < -0.4 is 10.6 Å². The Bertz CT molecular complexity index is 489. The average molecular weight is 382 g/mol. The van der Waals surface area contributed by atoms with E-state index in [-0.39, 0.29) is 17.9 Å². The number of guanidine groups is 1. The van der Waals surface area contributed by atoms with Crippen LogP contribution in [0.15, 0.2) is 4.99 Å². The molecule has 2 aliphatic heterocycles. The summed E-state index contributed by atoms with van der Waals surface area (Å²) in [7, 11) is 1.81. The molecular weight excluding hydrogens is 342 g/mol. The first kappa shape index (κ1) is 22.0. The van der Waals surface area contributed by atoms with Gasteiger partial charge in [0.05, 0.1) is 13.2 Å². The zero-order valence-electron chi connectivity index (χ0n) is 17.8. The Labute approximate surface area is 164 Å². The molecule has 0 aromatic carbocycles. The van der Waals surface area contributed by atoms with E-state index in [1.807, 2.05) is 25.8 Å². The maximum Gasteiger partial charge on any atom is 0.225 e. The molecule has 2 fully saturated rings. The van der Waals surface area contributed by atoms with Gasteiger partial charge in [-0.2, -0.15) is 0 Å². The topological polar surface area (TPSA) is 69.2 Å². The fourth-order valence-corrected chi connectivity index (χ4v) is 3.89. The summed E-state index contributed by atoms with van der Waals surface area (Å²) in [5.41, 5.74) is 0. The highest BCUT2D eigenvalue weighted by Gasteiger charge is 2.28. The molecular formula is C20H39N5O2. The maximum atomic E-state index is 12.2. The van der Waals surface area contributed by atoms with E-state index in [2.05, 4.69) is 34.4 Å². The molecule has 0 bridgehead atoms. The largest absolute Gasteiger partial charge is 0.379 e. The van der Waals surface area contributed by atoms with Gasteiger partial charge in [-0.25, -0.2) is 0 Å². The van der Waals surface area contributed by atoms with Crippen molar-refractivity contribution < 1.29 is 9.53 Å². The molecule has 2 unspecified atom stereocenters. The molecule has 0 aliphatic carbocycles. The van der Waals surface area contributed by atoms with Crippen molar-refractivity contribution in [2.24, 2.45) is 16.8 Å². The van der Waals surface area contributed by atoms with Gasteiger partial charge in [-0.3, -0.25) is 14.7 Å². The predicted molar refractivity (Wildman–Crippen MR) is 110 cm³/mol. The van der Waals surface area contributed by atoms with Crippen molar-refractivity contribution in [3.63, 3.8) is 0 Å². The van der Waals surface area contributed by atoms with E-state index in [1.54, 1.807) is 0 Å². The van der Waals surface area contributed by atoms with Crippen LogP contribution in [0.4, 0.5) is 0 Å². The van der Waals surface area contributed by atoms with Crippen LogP contribution in [0.5, 0.6) is 0 Å². The molecule has 2 aliphatic rings. The van der Waals surface area contributed by atoms with E-state index in [9.17, 15) is 4.79 Å². The highest BCUT2D eigenvalue weighted by Crippen LogP contribution is 2.14. The summed E-state index contributed by atoms with van der Waals surface area (Å²) < 4.78 is 5.51. The number of nitrogens with one attached hydrogen (secondary N) is 2. The fraction of sp³-hybridized carbons (Fsp3) is 0.900. The Hall–Kier alpha value is -1.34. The van der Waals surface area contributed by atoms with Crippen molar-refractivity contribution in [3.05, 3.63) is 0 Å². The van der Waals surface area contributed by atoms with Gasteiger partial charge in [-0.05, 0) is 18.8 Å². The number of hydrogen-bond acceptors (Lipinski definition) is 4. The maximum absolute atomic E-state index is 12.2. The number of likely N-dealkylation sites (tertiary alicyclic amines) is 1. The van der Waals surface area contributed by atoms with Gasteiger partial charge in [-0.1, -0.05) is 27.7 Å². The summed E-state index contributed by atoms with van der Waals surface area (Å²) in [6, 6.07) is 0.751. The van der Waals surface area contributed by atoms with Crippen LogP contribution in [0.1, 0.15) is 40.5 Å². The first-order valence-electron chi connectivity index (χ1n) is 10.5. The molecule has 2 heterocycles. The lowest BCUT2D eigenvalue weighted by Gasteiger charge is -2.36. The lowest BCUT2D eigenvalue weighted by atomic mass is 10.0. The predicted octanol–water partition coefficient (Wildman–Crippen LogP) is 1.16. The molecule has 2 rings (SSSR count). The number of aliphatic imine (C=N–C) groups is 1. The van der Waals surface area contributed by atoms with E-state index < -0.39 is 0 Å².